The summed E-state index contributed by atoms with van der Waals surface area (Å²) < 4.78 is 0. The van der Waals surface area contributed by atoms with E-state index in [1.54, 1.807) is 37.5 Å². The van der Waals surface area contributed by atoms with E-state index in [-0.39, 0.29) is 29.7 Å². The van der Waals surface area contributed by atoms with Crippen LogP contribution in [0.2, 0.25) is 0 Å². The predicted octanol–water partition coefficient (Wildman–Crippen LogP) is 0.499. The van der Waals surface area contributed by atoms with Gasteiger partial charge < -0.3 is 31.1 Å². The Morgan fingerprint density at radius 3 is 2.51 bits per heavy atom. The van der Waals surface area contributed by atoms with Crippen LogP contribution in [0.5, 0.6) is 5.75 Å². The lowest BCUT2D eigenvalue weighted by atomic mass is 9.54. The van der Waals surface area contributed by atoms with Crippen LogP contribution in [0, 0.1) is 24.7 Å². The molecule has 6 N–H and O–H groups in total. The zero-order valence-electron chi connectivity index (χ0n) is 20.7. The number of hydrogen-bond acceptors (Lipinski definition) is 9. The number of benzene rings is 1. The Kier molecular flexibility index (Phi) is 5.74. The third-order valence-electron chi connectivity index (χ3n) is 8.16. The van der Waals surface area contributed by atoms with Crippen LogP contribution < -0.4 is 5.73 Å². The van der Waals surface area contributed by atoms with E-state index < -0.39 is 58.7 Å². The summed E-state index contributed by atoms with van der Waals surface area (Å²) in [5.41, 5.74) is 5.63. The van der Waals surface area contributed by atoms with Gasteiger partial charge in [0.15, 0.2) is 11.4 Å². The molecule has 5 rings (SSSR count). The van der Waals surface area contributed by atoms with Gasteiger partial charge in [-0.3, -0.25) is 19.4 Å². The van der Waals surface area contributed by atoms with Crippen molar-refractivity contribution < 1.29 is 34.8 Å². The maximum Gasteiger partial charge on any atom is 0.230 e. The number of carbonyl (C=O) groups excluding carboxylic acids is 3. The Bertz CT molecular complexity index is 1380. The Balaban J connectivity index is 1.71. The highest BCUT2D eigenvalue weighted by molar-refractivity contribution is 6.25. The number of fused-ring (bicyclic) bond motifs is 3. The minimum Gasteiger partial charge on any atom is -0.507 e. The summed E-state index contributed by atoms with van der Waals surface area (Å²) in [6, 6.07) is 4.12. The third kappa shape index (κ3) is 3.43. The van der Waals surface area contributed by atoms with Crippen molar-refractivity contribution in [2.45, 2.75) is 37.5 Å². The number of pyridine rings is 1. The highest BCUT2D eigenvalue weighted by Gasteiger charge is 2.67. The molecule has 2 aromatic rings. The van der Waals surface area contributed by atoms with Gasteiger partial charge in [0.2, 0.25) is 11.7 Å². The molecule has 2 fully saturated rings. The van der Waals surface area contributed by atoms with E-state index in [0.717, 1.165) is 16.7 Å². The maximum atomic E-state index is 13.9. The van der Waals surface area contributed by atoms with Gasteiger partial charge in [-0.25, -0.2) is 0 Å². The van der Waals surface area contributed by atoms with Crippen LogP contribution in [0.25, 0.3) is 16.9 Å². The van der Waals surface area contributed by atoms with Gasteiger partial charge in [-0.1, -0.05) is 6.07 Å². The van der Waals surface area contributed by atoms with Crippen molar-refractivity contribution in [3.63, 3.8) is 0 Å². The van der Waals surface area contributed by atoms with Crippen LogP contribution in [0.4, 0.5) is 0 Å². The van der Waals surface area contributed by atoms with Crippen molar-refractivity contribution in [1.82, 2.24) is 9.88 Å². The number of aromatic hydroxyl groups is 1. The fraction of sp³-hybridized carbons (Fsp3) is 0.407. The number of nitrogens with two attached hydrogens (primary N) is 1. The molecule has 0 radical (unpaired) electrons. The second-order valence-corrected chi connectivity index (χ2v) is 10.5. The van der Waals surface area contributed by atoms with E-state index in [0.29, 0.717) is 5.56 Å². The van der Waals surface area contributed by atoms with Gasteiger partial charge in [-0.15, -0.1) is 0 Å². The molecule has 0 spiro atoms. The third-order valence-corrected chi connectivity index (χ3v) is 8.16. The first-order valence-electron chi connectivity index (χ1n) is 12.0. The number of primary amides is 1. The number of rotatable bonds is 3. The number of phenols is 1. The number of Topliss-reactive ketones (excluding diaryl/α,β-unsaturated/α-hetero) is 2. The molecule has 10 nitrogen and oxygen atoms in total. The first-order valence-corrected chi connectivity index (χ1v) is 12.0. The van der Waals surface area contributed by atoms with E-state index >= 15 is 0 Å². The number of amides is 1. The summed E-state index contributed by atoms with van der Waals surface area (Å²) in [7, 11) is 3.24. The van der Waals surface area contributed by atoms with Gasteiger partial charge in [0.25, 0.3) is 0 Å². The van der Waals surface area contributed by atoms with Crippen LogP contribution in [-0.4, -0.2) is 79.6 Å². The van der Waals surface area contributed by atoms with Gasteiger partial charge in [0.1, 0.15) is 17.4 Å². The number of nitrogens with zero attached hydrogens (tertiary/aromatic N) is 2. The molecule has 3 unspecified atom stereocenters. The average molecular weight is 508 g/mol. The zero-order chi connectivity index (χ0) is 27.0. The highest BCUT2D eigenvalue weighted by Crippen LogP contribution is 2.53. The second kappa shape index (κ2) is 8.47. The van der Waals surface area contributed by atoms with Crippen LogP contribution in [0.15, 0.2) is 36.2 Å². The number of aromatic nitrogens is 1. The maximum absolute atomic E-state index is 13.9. The largest absolute Gasteiger partial charge is 0.507 e. The molecule has 3 aliphatic carbocycles. The Labute approximate surface area is 213 Å². The fourth-order valence-electron chi connectivity index (χ4n) is 6.58. The van der Waals surface area contributed by atoms with E-state index in [1.165, 1.54) is 6.07 Å². The lowest BCUT2D eigenvalue weighted by Crippen LogP contribution is -2.73. The molecular weight excluding hydrogens is 478 g/mol. The molecule has 0 bridgehead atoms. The lowest BCUT2D eigenvalue weighted by Gasteiger charge is -2.53. The first kappa shape index (κ1) is 25.1. The molecule has 1 heterocycles. The number of hydrogen-bond donors (Lipinski definition) is 5. The summed E-state index contributed by atoms with van der Waals surface area (Å²) in [6.07, 6.45) is 2.15. The van der Waals surface area contributed by atoms with Crippen molar-refractivity contribution >= 4 is 23.2 Å². The monoisotopic (exact) mass is 507 g/mol. The predicted molar refractivity (Wildman–Crippen MR) is 132 cm³/mol. The van der Waals surface area contributed by atoms with Crippen LogP contribution in [0.1, 0.15) is 23.1 Å². The van der Waals surface area contributed by atoms with Crippen molar-refractivity contribution in [2.24, 2.45) is 23.5 Å². The molecule has 6 atom stereocenters. The summed E-state index contributed by atoms with van der Waals surface area (Å²) in [4.78, 5) is 45.2. The van der Waals surface area contributed by atoms with E-state index in [2.05, 4.69) is 4.98 Å². The van der Waals surface area contributed by atoms with Crippen LogP contribution >= 0.6 is 0 Å². The molecule has 3 aliphatic rings. The number of aliphatic hydroxyl groups excluding tert-OH is 2. The molecule has 37 heavy (non-hydrogen) atoms. The SMILES string of the molecule is Cc1cncc(-c2ccc(O)c3c2C[C@@H]2C[C@@H]4C(N(C)C)C(O)C(C(N)=O)C(=O)[C@]4(O)C(=O)C2=C3O)c1. The van der Waals surface area contributed by atoms with Gasteiger partial charge in [-0.05, 0) is 68.6 Å². The van der Waals surface area contributed by atoms with Crippen molar-refractivity contribution in [2.75, 3.05) is 14.1 Å². The molecule has 1 aromatic carbocycles. The normalized spacial score (nSPS) is 31.1. The van der Waals surface area contributed by atoms with Crippen molar-refractivity contribution in [1.29, 1.82) is 0 Å². The van der Waals surface area contributed by atoms with Crippen LogP contribution in [-0.2, 0) is 20.8 Å². The van der Waals surface area contributed by atoms with E-state index in [1.807, 2.05) is 13.0 Å². The number of aliphatic hydroxyl groups is 3. The number of phenolic OH excluding ortho intramolecular Hbond substituents is 1. The summed E-state index contributed by atoms with van der Waals surface area (Å²) in [5, 5.41) is 44.6. The number of likely N-dealkylation sites (N-methyl/N-ethyl adjacent to an activating group) is 1. The zero-order valence-corrected chi connectivity index (χ0v) is 20.7. The lowest BCUT2D eigenvalue weighted by molar-refractivity contribution is -0.184. The molecular formula is C27H29N3O7. The number of carbonyl (C=O) groups is 3. The molecule has 0 aliphatic heterocycles. The van der Waals surface area contributed by atoms with E-state index in [4.69, 9.17) is 5.73 Å². The molecule has 1 amide bonds. The summed E-state index contributed by atoms with van der Waals surface area (Å²) in [5.74, 6) is -7.58. The Morgan fingerprint density at radius 2 is 1.89 bits per heavy atom. The number of ketones is 2. The van der Waals surface area contributed by atoms with Gasteiger partial charge in [0, 0.05) is 35.5 Å². The fourth-order valence-corrected chi connectivity index (χ4v) is 6.58. The standard InChI is InChI=1S/C27H29N3O7/c1-11-6-13(10-29-9-11)14-4-5-17(31)19-15(14)7-12-8-16-21(30(2)3)23(33)20(26(28)36)25(35)27(16,37)24(34)18(12)22(19)32/h4-6,9-10,12,16,20-21,23,31-33,37H,7-8H2,1-3H3,(H2,28,36)/t12-,16-,20?,21?,23?,27-/m1/s1. The van der Waals surface area contributed by atoms with Crippen molar-refractivity contribution in [3.05, 3.63) is 52.9 Å². The molecule has 194 valence electrons. The van der Waals surface area contributed by atoms with Crippen LogP contribution in [0.3, 0.4) is 0 Å². The molecule has 2 saturated carbocycles. The smallest absolute Gasteiger partial charge is 0.230 e. The minimum atomic E-state index is -2.67. The van der Waals surface area contributed by atoms with Gasteiger partial charge in [-0.2, -0.15) is 0 Å². The van der Waals surface area contributed by atoms with Gasteiger partial charge >= 0.3 is 0 Å². The second-order valence-electron chi connectivity index (χ2n) is 10.5. The Morgan fingerprint density at radius 1 is 1.19 bits per heavy atom. The Hall–Kier alpha value is -3.60. The molecule has 1 aromatic heterocycles. The van der Waals surface area contributed by atoms with Crippen molar-refractivity contribution in [3.8, 4) is 16.9 Å². The van der Waals surface area contributed by atoms with E-state index in [9.17, 15) is 34.8 Å². The highest BCUT2D eigenvalue weighted by atomic mass is 16.3. The first-order chi connectivity index (χ1) is 17.4. The summed E-state index contributed by atoms with van der Waals surface area (Å²) in [6.45, 7) is 1.89. The number of aryl methyl sites for hydroxylation is 1. The molecule has 0 saturated heterocycles. The topological polar surface area (TPSA) is 174 Å². The molecule has 10 heteroatoms. The average Bonchev–Trinajstić information content (AvgIpc) is 2.81. The summed E-state index contributed by atoms with van der Waals surface area (Å²) >= 11 is 0. The quantitative estimate of drug-likeness (QED) is 0.371. The van der Waals surface area contributed by atoms with Gasteiger partial charge in [0.05, 0.1) is 11.7 Å². The minimum absolute atomic E-state index is 0.0551.